The van der Waals surface area contributed by atoms with Crippen LogP contribution in [0.5, 0.6) is 0 Å². The van der Waals surface area contributed by atoms with Crippen molar-refractivity contribution in [2.45, 2.75) is 72.1 Å². The van der Waals surface area contributed by atoms with Crippen molar-refractivity contribution in [2.75, 3.05) is 0 Å². The third-order valence-electron chi connectivity index (χ3n) is 3.02. The topological polar surface area (TPSA) is 0 Å². The van der Waals surface area contributed by atoms with Gasteiger partial charge in [-0.15, -0.1) is 0 Å². The molecule has 0 saturated heterocycles. The van der Waals surface area contributed by atoms with Gasteiger partial charge in [-0.25, -0.2) is 0 Å². The van der Waals surface area contributed by atoms with Gasteiger partial charge in [-0.05, 0) is 25.2 Å². The molecular formula is C14H28. The SMILES string of the molecule is CCCCCCC=CCC(CC)CC. The molecule has 0 fully saturated rings. The Hall–Kier alpha value is -0.260. The fourth-order valence-corrected chi connectivity index (χ4v) is 1.72. The predicted molar refractivity (Wildman–Crippen MR) is 66.6 cm³/mol. The van der Waals surface area contributed by atoms with E-state index in [1.165, 1.54) is 51.4 Å². The molecule has 0 N–H and O–H groups in total. The second kappa shape index (κ2) is 10.8. The molecule has 84 valence electrons. The largest absolute Gasteiger partial charge is 0.0885 e. The second-order valence-electron chi connectivity index (χ2n) is 4.24. The van der Waals surface area contributed by atoms with Crippen molar-refractivity contribution in [3.05, 3.63) is 12.2 Å². The molecule has 0 aromatic heterocycles. The lowest BCUT2D eigenvalue weighted by Gasteiger charge is -2.07. The minimum absolute atomic E-state index is 0.918. The Balaban J connectivity index is 3.25. The zero-order chi connectivity index (χ0) is 10.6. The Labute approximate surface area is 90.8 Å². The molecule has 0 saturated carbocycles. The normalized spacial score (nSPS) is 11.7. The van der Waals surface area contributed by atoms with Gasteiger partial charge in [-0.2, -0.15) is 0 Å². The minimum atomic E-state index is 0.918. The van der Waals surface area contributed by atoms with Crippen molar-refractivity contribution in [1.29, 1.82) is 0 Å². The number of hydrogen-bond donors (Lipinski definition) is 0. The molecule has 0 heteroatoms. The van der Waals surface area contributed by atoms with Crippen LogP contribution in [0.4, 0.5) is 0 Å². The van der Waals surface area contributed by atoms with E-state index < -0.39 is 0 Å². The zero-order valence-corrected chi connectivity index (χ0v) is 10.4. The third kappa shape index (κ3) is 8.34. The molecule has 14 heavy (non-hydrogen) atoms. The standard InChI is InChI=1S/C14H28/c1-4-7-8-9-10-11-12-13-14(5-2)6-3/h11-12,14H,4-10,13H2,1-3H3. The maximum atomic E-state index is 2.39. The number of unbranched alkanes of at least 4 members (excludes halogenated alkanes) is 4. The summed E-state index contributed by atoms with van der Waals surface area (Å²) < 4.78 is 0. The van der Waals surface area contributed by atoms with Gasteiger partial charge in [0.25, 0.3) is 0 Å². The summed E-state index contributed by atoms with van der Waals surface area (Å²) in [6.45, 7) is 6.86. The lowest BCUT2D eigenvalue weighted by atomic mass is 9.99. The van der Waals surface area contributed by atoms with Crippen molar-refractivity contribution < 1.29 is 0 Å². The molecule has 0 nitrogen and oxygen atoms in total. The van der Waals surface area contributed by atoms with Gasteiger partial charge >= 0.3 is 0 Å². The first-order valence-corrected chi connectivity index (χ1v) is 6.50. The van der Waals surface area contributed by atoms with Crippen LogP contribution in [0.3, 0.4) is 0 Å². The average molecular weight is 196 g/mol. The number of hydrogen-bond acceptors (Lipinski definition) is 0. The first kappa shape index (κ1) is 13.7. The number of allylic oxidation sites excluding steroid dienone is 2. The summed E-state index contributed by atoms with van der Waals surface area (Å²) in [5.41, 5.74) is 0. The monoisotopic (exact) mass is 196 g/mol. The highest BCUT2D eigenvalue weighted by Gasteiger charge is 1.98. The first-order chi connectivity index (χ1) is 6.85. The van der Waals surface area contributed by atoms with Crippen LogP contribution in [0.15, 0.2) is 12.2 Å². The molecule has 0 rings (SSSR count). The highest BCUT2D eigenvalue weighted by Crippen LogP contribution is 2.13. The van der Waals surface area contributed by atoms with Gasteiger partial charge in [-0.3, -0.25) is 0 Å². The van der Waals surface area contributed by atoms with E-state index in [4.69, 9.17) is 0 Å². The van der Waals surface area contributed by atoms with Gasteiger partial charge < -0.3 is 0 Å². The Kier molecular flexibility index (Phi) is 10.6. The van der Waals surface area contributed by atoms with Crippen molar-refractivity contribution >= 4 is 0 Å². The molecule has 0 amide bonds. The van der Waals surface area contributed by atoms with Crippen LogP contribution in [-0.2, 0) is 0 Å². The van der Waals surface area contributed by atoms with Crippen molar-refractivity contribution in [3.8, 4) is 0 Å². The fraction of sp³-hybridized carbons (Fsp3) is 0.857. The number of rotatable bonds is 9. The second-order valence-corrected chi connectivity index (χ2v) is 4.24. The van der Waals surface area contributed by atoms with Gasteiger partial charge in [0.1, 0.15) is 0 Å². The molecule has 0 aliphatic carbocycles. The van der Waals surface area contributed by atoms with Crippen LogP contribution in [0, 0.1) is 5.92 Å². The van der Waals surface area contributed by atoms with Gasteiger partial charge in [0.15, 0.2) is 0 Å². The summed E-state index contributed by atoms with van der Waals surface area (Å²) >= 11 is 0. The molecule has 0 atom stereocenters. The Morgan fingerprint density at radius 1 is 0.857 bits per heavy atom. The summed E-state index contributed by atoms with van der Waals surface area (Å²) in [4.78, 5) is 0. The summed E-state index contributed by atoms with van der Waals surface area (Å²) in [5.74, 6) is 0.918. The minimum Gasteiger partial charge on any atom is -0.0885 e. The van der Waals surface area contributed by atoms with Crippen LogP contribution in [0.25, 0.3) is 0 Å². The Morgan fingerprint density at radius 2 is 1.57 bits per heavy atom. The molecular weight excluding hydrogens is 168 g/mol. The quantitative estimate of drug-likeness (QED) is 0.345. The lowest BCUT2D eigenvalue weighted by molar-refractivity contribution is 0.499. The molecule has 0 radical (unpaired) electrons. The summed E-state index contributed by atoms with van der Waals surface area (Å²) in [6.07, 6.45) is 15.6. The van der Waals surface area contributed by atoms with E-state index in [1.54, 1.807) is 0 Å². The van der Waals surface area contributed by atoms with Crippen LogP contribution < -0.4 is 0 Å². The van der Waals surface area contributed by atoms with E-state index in [2.05, 4.69) is 32.9 Å². The summed E-state index contributed by atoms with van der Waals surface area (Å²) in [5, 5.41) is 0. The molecule has 0 bridgehead atoms. The summed E-state index contributed by atoms with van der Waals surface area (Å²) in [6, 6.07) is 0. The van der Waals surface area contributed by atoms with Gasteiger partial charge in [0.05, 0.1) is 0 Å². The van der Waals surface area contributed by atoms with Crippen molar-refractivity contribution in [3.63, 3.8) is 0 Å². The van der Waals surface area contributed by atoms with Crippen LogP contribution in [0.2, 0.25) is 0 Å². The van der Waals surface area contributed by atoms with Gasteiger partial charge in [0.2, 0.25) is 0 Å². The van der Waals surface area contributed by atoms with E-state index in [1.807, 2.05) is 0 Å². The third-order valence-corrected chi connectivity index (χ3v) is 3.02. The van der Waals surface area contributed by atoms with Crippen LogP contribution >= 0.6 is 0 Å². The van der Waals surface area contributed by atoms with E-state index in [0.717, 1.165) is 5.92 Å². The van der Waals surface area contributed by atoms with Crippen LogP contribution in [0.1, 0.15) is 72.1 Å². The highest BCUT2D eigenvalue weighted by molar-refractivity contribution is 4.83. The fourth-order valence-electron chi connectivity index (χ4n) is 1.72. The van der Waals surface area contributed by atoms with E-state index in [0.29, 0.717) is 0 Å². The van der Waals surface area contributed by atoms with Crippen molar-refractivity contribution in [2.24, 2.45) is 5.92 Å². The summed E-state index contributed by atoms with van der Waals surface area (Å²) in [7, 11) is 0. The Morgan fingerprint density at radius 3 is 2.14 bits per heavy atom. The van der Waals surface area contributed by atoms with E-state index >= 15 is 0 Å². The maximum absolute atomic E-state index is 2.39. The van der Waals surface area contributed by atoms with Gasteiger partial charge in [-0.1, -0.05) is 65.0 Å². The predicted octanol–water partition coefficient (Wildman–Crippen LogP) is 5.34. The molecule has 0 heterocycles. The smallest absolute Gasteiger partial charge is 0.0322 e. The molecule has 0 unspecified atom stereocenters. The van der Waals surface area contributed by atoms with E-state index in [-0.39, 0.29) is 0 Å². The Bertz CT molecular complexity index is 120. The van der Waals surface area contributed by atoms with Crippen molar-refractivity contribution in [1.82, 2.24) is 0 Å². The van der Waals surface area contributed by atoms with E-state index in [9.17, 15) is 0 Å². The zero-order valence-electron chi connectivity index (χ0n) is 10.4. The maximum Gasteiger partial charge on any atom is -0.0322 e. The molecule has 0 aliphatic heterocycles. The lowest BCUT2D eigenvalue weighted by Crippen LogP contribution is -1.93. The first-order valence-electron chi connectivity index (χ1n) is 6.50. The molecule has 0 aliphatic rings. The molecule has 0 aromatic carbocycles. The molecule has 0 spiro atoms. The average Bonchev–Trinajstić information content (AvgIpc) is 2.22. The highest BCUT2D eigenvalue weighted by atomic mass is 14.0. The van der Waals surface area contributed by atoms with Gasteiger partial charge in [0, 0.05) is 0 Å². The van der Waals surface area contributed by atoms with Crippen LogP contribution in [-0.4, -0.2) is 0 Å². The molecule has 0 aromatic rings.